The van der Waals surface area contributed by atoms with Crippen molar-refractivity contribution in [3.05, 3.63) is 94.5 Å². The molecule has 8 heteroatoms. The van der Waals surface area contributed by atoms with Gasteiger partial charge in [-0.3, -0.25) is 9.59 Å². The van der Waals surface area contributed by atoms with Gasteiger partial charge >= 0.3 is 0 Å². The van der Waals surface area contributed by atoms with Crippen LogP contribution in [-0.4, -0.2) is 57.2 Å². The van der Waals surface area contributed by atoms with E-state index in [1.165, 1.54) is 0 Å². The van der Waals surface area contributed by atoms with Gasteiger partial charge in [-0.15, -0.1) is 0 Å². The molecule has 7 nitrogen and oxygen atoms in total. The van der Waals surface area contributed by atoms with Gasteiger partial charge in [0.1, 0.15) is 6.04 Å². The second kappa shape index (κ2) is 15.0. The monoisotopic (exact) mass is 538 g/mol. The Labute approximate surface area is 229 Å². The minimum Gasteiger partial charge on any atom is -0.493 e. The van der Waals surface area contributed by atoms with E-state index < -0.39 is 6.04 Å². The van der Waals surface area contributed by atoms with Gasteiger partial charge in [0, 0.05) is 38.2 Å². The van der Waals surface area contributed by atoms with Crippen molar-refractivity contribution in [3.63, 3.8) is 0 Å². The Hall–Kier alpha value is -3.55. The average molecular weight is 539 g/mol. The van der Waals surface area contributed by atoms with Crippen LogP contribution >= 0.6 is 11.6 Å². The average Bonchev–Trinajstić information content (AvgIpc) is 2.94. The van der Waals surface area contributed by atoms with Crippen molar-refractivity contribution in [2.45, 2.75) is 31.8 Å². The molecule has 3 aromatic carbocycles. The van der Waals surface area contributed by atoms with Crippen LogP contribution < -0.4 is 14.8 Å². The zero-order chi connectivity index (χ0) is 27.3. The quantitative estimate of drug-likeness (QED) is 0.301. The maximum atomic E-state index is 13.9. The van der Waals surface area contributed by atoms with Gasteiger partial charge in [0.15, 0.2) is 11.5 Å². The molecule has 0 aromatic heterocycles. The molecule has 0 aliphatic rings. The molecule has 0 saturated heterocycles. The molecule has 202 valence electrons. The summed E-state index contributed by atoms with van der Waals surface area (Å²) in [5.41, 5.74) is 2.59. The van der Waals surface area contributed by atoms with Gasteiger partial charge in [-0.2, -0.15) is 0 Å². The SMILES string of the molecule is COCCCNC(=O)[C@@H](Cc1ccccc1)N(Cc1ccc(Cl)cc1)C(=O)Cc1ccc(OC)c(OC)c1. The fourth-order valence-electron chi connectivity index (χ4n) is 4.15. The van der Waals surface area contributed by atoms with Gasteiger partial charge in [0.25, 0.3) is 0 Å². The summed E-state index contributed by atoms with van der Waals surface area (Å²) in [5.74, 6) is 0.734. The summed E-state index contributed by atoms with van der Waals surface area (Å²) in [6.45, 7) is 1.25. The summed E-state index contributed by atoms with van der Waals surface area (Å²) in [5, 5.41) is 3.60. The van der Waals surface area contributed by atoms with Gasteiger partial charge in [0.2, 0.25) is 11.8 Å². The highest BCUT2D eigenvalue weighted by atomic mass is 35.5. The summed E-state index contributed by atoms with van der Waals surface area (Å²) < 4.78 is 15.9. The van der Waals surface area contributed by atoms with E-state index in [4.69, 9.17) is 25.8 Å². The Morgan fingerprint density at radius 2 is 1.55 bits per heavy atom. The number of carbonyl (C=O) groups excluding carboxylic acids is 2. The first-order valence-electron chi connectivity index (χ1n) is 12.5. The normalized spacial score (nSPS) is 11.5. The number of methoxy groups -OCH3 is 3. The van der Waals surface area contributed by atoms with Crippen molar-refractivity contribution >= 4 is 23.4 Å². The molecule has 3 rings (SSSR count). The van der Waals surface area contributed by atoms with E-state index in [0.717, 1.165) is 16.7 Å². The highest BCUT2D eigenvalue weighted by Gasteiger charge is 2.30. The molecule has 0 fully saturated rings. The van der Waals surface area contributed by atoms with Gasteiger partial charge < -0.3 is 24.4 Å². The van der Waals surface area contributed by atoms with Crippen LogP contribution in [0.2, 0.25) is 5.02 Å². The van der Waals surface area contributed by atoms with E-state index in [1.54, 1.807) is 50.5 Å². The number of halogens is 1. The van der Waals surface area contributed by atoms with Crippen molar-refractivity contribution in [1.29, 1.82) is 0 Å². The summed E-state index contributed by atoms with van der Waals surface area (Å²) in [6.07, 6.45) is 1.15. The molecule has 1 atom stereocenters. The predicted molar refractivity (Wildman–Crippen MR) is 149 cm³/mol. The third-order valence-electron chi connectivity index (χ3n) is 6.17. The smallest absolute Gasteiger partial charge is 0.243 e. The Kier molecular flexibility index (Phi) is 11.5. The number of amides is 2. The fraction of sp³-hybridized carbons (Fsp3) is 0.333. The lowest BCUT2D eigenvalue weighted by atomic mass is 10.0. The number of nitrogens with one attached hydrogen (secondary N) is 1. The van der Waals surface area contributed by atoms with Crippen LogP contribution in [-0.2, 0) is 33.7 Å². The number of ether oxygens (including phenoxy) is 3. The van der Waals surface area contributed by atoms with E-state index in [-0.39, 0.29) is 24.8 Å². The summed E-state index contributed by atoms with van der Waals surface area (Å²) in [7, 11) is 4.75. The van der Waals surface area contributed by atoms with E-state index in [2.05, 4.69) is 5.32 Å². The molecular formula is C30H35ClN2O5. The first kappa shape index (κ1) is 29.0. The first-order valence-corrected chi connectivity index (χ1v) is 12.9. The Bertz CT molecular complexity index is 1170. The van der Waals surface area contributed by atoms with Crippen LogP contribution in [0, 0.1) is 0 Å². The van der Waals surface area contributed by atoms with Gasteiger partial charge in [-0.25, -0.2) is 0 Å². The van der Waals surface area contributed by atoms with Crippen LogP contribution in [0.1, 0.15) is 23.1 Å². The van der Waals surface area contributed by atoms with Crippen molar-refractivity contribution in [2.75, 3.05) is 34.5 Å². The van der Waals surface area contributed by atoms with Crippen molar-refractivity contribution in [2.24, 2.45) is 0 Å². The van der Waals surface area contributed by atoms with Crippen molar-refractivity contribution in [3.8, 4) is 11.5 Å². The fourth-order valence-corrected chi connectivity index (χ4v) is 4.28. The second-order valence-electron chi connectivity index (χ2n) is 8.86. The van der Waals surface area contributed by atoms with Gasteiger partial charge in [-0.05, 0) is 47.4 Å². The van der Waals surface area contributed by atoms with Crippen LogP contribution in [0.15, 0.2) is 72.8 Å². The molecule has 0 saturated carbocycles. The molecule has 0 radical (unpaired) electrons. The lowest BCUT2D eigenvalue weighted by molar-refractivity contribution is -0.140. The molecule has 0 unspecified atom stereocenters. The lowest BCUT2D eigenvalue weighted by Crippen LogP contribution is -2.51. The molecule has 0 aliphatic heterocycles. The minimum absolute atomic E-state index is 0.0934. The second-order valence-corrected chi connectivity index (χ2v) is 9.29. The number of hydrogen-bond donors (Lipinski definition) is 1. The molecule has 0 heterocycles. The molecule has 1 N–H and O–H groups in total. The van der Waals surface area contributed by atoms with E-state index >= 15 is 0 Å². The molecule has 2 amide bonds. The third kappa shape index (κ3) is 8.50. The van der Waals surface area contributed by atoms with Gasteiger partial charge in [-0.1, -0.05) is 60.1 Å². The standard InChI is InChI=1S/C30H35ClN2O5/c1-36-17-7-16-32-30(35)26(18-22-8-5-4-6-9-22)33(21-23-10-13-25(31)14-11-23)29(34)20-24-12-15-27(37-2)28(19-24)38-3/h4-6,8-15,19,26H,7,16-18,20-21H2,1-3H3,(H,32,35)/t26-/m1/s1. The number of carbonyl (C=O) groups is 2. The predicted octanol–water partition coefficient (Wildman–Crippen LogP) is 4.69. The number of nitrogens with zero attached hydrogens (tertiary/aromatic N) is 1. The molecule has 0 spiro atoms. The van der Waals surface area contributed by atoms with E-state index in [9.17, 15) is 9.59 Å². The highest BCUT2D eigenvalue weighted by Crippen LogP contribution is 2.28. The highest BCUT2D eigenvalue weighted by molar-refractivity contribution is 6.30. The lowest BCUT2D eigenvalue weighted by Gasteiger charge is -2.32. The third-order valence-corrected chi connectivity index (χ3v) is 6.42. The summed E-state index contributed by atoms with van der Waals surface area (Å²) in [6, 6.07) is 21.7. The van der Waals surface area contributed by atoms with Crippen LogP contribution in [0.4, 0.5) is 0 Å². The molecule has 0 bridgehead atoms. The Balaban J connectivity index is 1.93. The largest absolute Gasteiger partial charge is 0.493 e. The van der Waals surface area contributed by atoms with Crippen LogP contribution in [0.3, 0.4) is 0 Å². The maximum absolute atomic E-state index is 13.9. The van der Waals surface area contributed by atoms with Gasteiger partial charge in [0.05, 0.1) is 20.6 Å². The molecular weight excluding hydrogens is 504 g/mol. The molecule has 38 heavy (non-hydrogen) atoms. The topological polar surface area (TPSA) is 77.1 Å². The number of hydrogen-bond acceptors (Lipinski definition) is 5. The minimum atomic E-state index is -0.719. The van der Waals surface area contributed by atoms with E-state index in [0.29, 0.717) is 42.5 Å². The van der Waals surface area contributed by atoms with E-state index in [1.807, 2.05) is 48.5 Å². The zero-order valence-corrected chi connectivity index (χ0v) is 22.9. The van der Waals surface area contributed by atoms with Crippen LogP contribution in [0.25, 0.3) is 0 Å². The van der Waals surface area contributed by atoms with Crippen molar-refractivity contribution in [1.82, 2.24) is 10.2 Å². The number of benzene rings is 3. The van der Waals surface area contributed by atoms with Crippen LogP contribution in [0.5, 0.6) is 11.5 Å². The summed E-state index contributed by atoms with van der Waals surface area (Å²) in [4.78, 5) is 29.1. The molecule has 0 aliphatic carbocycles. The zero-order valence-electron chi connectivity index (χ0n) is 22.1. The Morgan fingerprint density at radius 3 is 2.21 bits per heavy atom. The summed E-state index contributed by atoms with van der Waals surface area (Å²) >= 11 is 6.10. The number of rotatable bonds is 14. The molecule has 3 aromatic rings. The van der Waals surface area contributed by atoms with Crippen molar-refractivity contribution < 1.29 is 23.8 Å². The maximum Gasteiger partial charge on any atom is 0.243 e. The Morgan fingerprint density at radius 1 is 0.868 bits per heavy atom. The first-order chi connectivity index (χ1) is 18.4.